The number of methoxy groups -OCH3 is 2. The normalized spacial score (nSPS) is 11.8. The highest BCUT2D eigenvalue weighted by Gasteiger charge is 2.11. The fraction of sp³-hybridized carbons (Fsp3) is 0.294. The molecule has 1 atom stereocenters. The highest BCUT2D eigenvalue weighted by molar-refractivity contribution is 5.60. The molecule has 0 amide bonds. The number of ether oxygens (including phenoxy) is 2. The van der Waals surface area contributed by atoms with Gasteiger partial charge in [0.25, 0.3) is 0 Å². The van der Waals surface area contributed by atoms with Gasteiger partial charge < -0.3 is 14.8 Å². The summed E-state index contributed by atoms with van der Waals surface area (Å²) >= 11 is 0. The largest absolute Gasteiger partial charge is 0.497 e. The summed E-state index contributed by atoms with van der Waals surface area (Å²) in [5.41, 5.74) is 3.52. The van der Waals surface area contributed by atoms with E-state index >= 15 is 0 Å². The molecule has 0 aliphatic rings. The lowest BCUT2D eigenvalue weighted by molar-refractivity contribution is 0.395. The third-order valence-corrected chi connectivity index (χ3v) is 3.44. The molecule has 106 valence electrons. The lowest BCUT2D eigenvalue weighted by Crippen LogP contribution is -2.09. The molecule has 0 aromatic heterocycles. The van der Waals surface area contributed by atoms with Crippen LogP contribution in [0.2, 0.25) is 0 Å². The molecule has 0 aliphatic carbocycles. The molecule has 20 heavy (non-hydrogen) atoms. The van der Waals surface area contributed by atoms with Crippen molar-refractivity contribution in [1.29, 1.82) is 0 Å². The Labute approximate surface area is 120 Å². The summed E-state index contributed by atoms with van der Waals surface area (Å²) in [6.07, 6.45) is 0. The predicted molar refractivity (Wildman–Crippen MR) is 82.8 cm³/mol. The summed E-state index contributed by atoms with van der Waals surface area (Å²) in [6, 6.07) is 14.4. The van der Waals surface area contributed by atoms with Crippen LogP contribution in [0.15, 0.2) is 42.5 Å². The number of hydrogen-bond donors (Lipinski definition) is 1. The van der Waals surface area contributed by atoms with Gasteiger partial charge in [-0.15, -0.1) is 0 Å². The van der Waals surface area contributed by atoms with E-state index in [2.05, 4.69) is 43.4 Å². The van der Waals surface area contributed by atoms with Crippen molar-refractivity contribution in [2.45, 2.75) is 19.9 Å². The first-order valence-corrected chi connectivity index (χ1v) is 6.69. The quantitative estimate of drug-likeness (QED) is 0.884. The number of aryl methyl sites for hydroxylation is 1. The molecule has 1 N–H and O–H groups in total. The van der Waals surface area contributed by atoms with Gasteiger partial charge in [-0.05, 0) is 37.1 Å². The fourth-order valence-corrected chi connectivity index (χ4v) is 2.30. The van der Waals surface area contributed by atoms with Crippen LogP contribution in [0.5, 0.6) is 11.5 Å². The Morgan fingerprint density at radius 2 is 1.75 bits per heavy atom. The van der Waals surface area contributed by atoms with E-state index in [9.17, 15) is 0 Å². The highest BCUT2D eigenvalue weighted by Crippen LogP contribution is 2.32. The maximum absolute atomic E-state index is 5.41. The summed E-state index contributed by atoms with van der Waals surface area (Å²) in [5.74, 6) is 1.57. The van der Waals surface area contributed by atoms with E-state index in [1.165, 1.54) is 11.1 Å². The highest BCUT2D eigenvalue weighted by atomic mass is 16.5. The van der Waals surface area contributed by atoms with E-state index in [-0.39, 0.29) is 6.04 Å². The molecule has 2 aromatic carbocycles. The maximum Gasteiger partial charge on any atom is 0.145 e. The van der Waals surface area contributed by atoms with E-state index in [1.54, 1.807) is 14.2 Å². The number of nitrogens with one attached hydrogen (secondary N) is 1. The van der Waals surface area contributed by atoms with Crippen molar-refractivity contribution in [1.82, 2.24) is 0 Å². The molecular formula is C17H21NO2. The first-order chi connectivity index (χ1) is 9.65. The zero-order valence-corrected chi connectivity index (χ0v) is 12.4. The molecule has 0 heterocycles. The van der Waals surface area contributed by atoms with Crippen LogP contribution in [0.4, 0.5) is 5.69 Å². The molecule has 0 aliphatic heterocycles. The van der Waals surface area contributed by atoms with Crippen LogP contribution in [-0.4, -0.2) is 14.2 Å². The molecule has 0 saturated heterocycles. The van der Waals surface area contributed by atoms with Gasteiger partial charge in [0.15, 0.2) is 0 Å². The van der Waals surface area contributed by atoms with Crippen LogP contribution in [0.25, 0.3) is 0 Å². The van der Waals surface area contributed by atoms with Crippen LogP contribution in [-0.2, 0) is 0 Å². The Morgan fingerprint density at radius 1 is 1.00 bits per heavy atom. The van der Waals surface area contributed by atoms with E-state index in [0.29, 0.717) is 0 Å². The van der Waals surface area contributed by atoms with E-state index in [4.69, 9.17) is 9.47 Å². The van der Waals surface area contributed by atoms with E-state index in [0.717, 1.165) is 17.2 Å². The zero-order chi connectivity index (χ0) is 14.5. The van der Waals surface area contributed by atoms with Crippen LogP contribution < -0.4 is 14.8 Å². The van der Waals surface area contributed by atoms with Gasteiger partial charge in [-0.25, -0.2) is 0 Å². The Bertz CT molecular complexity index is 581. The van der Waals surface area contributed by atoms with E-state index in [1.807, 2.05) is 18.2 Å². The summed E-state index contributed by atoms with van der Waals surface area (Å²) in [6.45, 7) is 4.27. The summed E-state index contributed by atoms with van der Waals surface area (Å²) in [7, 11) is 3.32. The minimum absolute atomic E-state index is 0.207. The summed E-state index contributed by atoms with van der Waals surface area (Å²) in [5, 5.41) is 3.49. The van der Waals surface area contributed by atoms with Crippen molar-refractivity contribution in [2.24, 2.45) is 0 Å². The molecule has 0 fully saturated rings. The van der Waals surface area contributed by atoms with Gasteiger partial charge >= 0.3 is 0 Å². The molecule has 0 radical (unpaired) electrons. The molecule has 0 saturated carbocycles. The Kier molecular flexibility index (Phi) is 4.51. The number of hydrogen-bond acceptors (Lipinski definition) is 3. The number of anilines is 1. The molecule has 3 heteroatoms. The third kappa shape index (κ3) is 3.05. The first-order valence-electron chi connectivity index (χ1n) is 6.69. The standard InChI is InChI=1S/C17H21NO2/c1-12-7-5-6-8-15(12)13(2)18-16-10-9-14(19-3)11-17(16)20-4/h5-11,13,18H,1-4H3. The van der Waals surface area contributed by atoms with Gasteiger partial charge in [-0.3, -0.25) is 0 Å². The van der Waals surface area contributed by atoms with Crippen LogP contribution in [0.3, 0.4) is 0 Å². The molecule has 0 spiro atoms. The Balaban J connectivity index is 2.23. The fourth-order valence-electron chi connectivity index (χ4n) is 2.30. The van der Waals surface area contributed by atoms with Crippen molar-refractivity contribution >= 4 is 5.69 Å². The second-order valence-electron chi connectivity index (χ2n) is 4.79. The number of rotatable bonds is 5. The first kappa shape index (κ1) is 14.3. The smallest absolute Gasteiger partial charge is 0.145 e. The SMILES string of the molecule is COc1ccc(NC(C)c2ccccc2C)c(OC)c1. The monoisotopic (exact) mass is 271 g/mol. The van der Waals surface area contributed by atoms with Gasteiger partial charge in [-0.1, -0.05) is 24.3 Å². The van der Waals surface area contributed by atoms with Gasteiger partial charge in [0.2, 0.25) is 0 Å². The minimum atomic E-state index is 0.207. The van der Waals surface area contributed by atoms with Crippen LogP contribution in [0, 0.1) is 6.92 Å². The summed E-state index contributed by atoms with van der Waals surface area (Å²) < 4.78 is 10.6. The van der Waals surface area contributed by atoms with Crippen molar-refractivity contribution in [3.8, 4) is 11.5 Å². The zero-order valence-electron chi connectivity index (χ0n) is 12.4. The Hall–Kier alpha value is -2.16. The van der Waals surface area contributed by atoms with Gasteiger partial charge in [0.05, 0.1) is 19.9 Å². The lowest BCUT2D eigenvalue weighted by atomic mass is 10.0. The maximum atomic E-state index is 5.41. The average Bonchev–Trinajstić information content (AvgIpc) is 2.48. The van der Waals surface area contributed by atoms with Crippen molar-refractivity contribution in [3.63, 3.8) is 0 Å². The summed E-state index contributed by atoms with van der Waals surface area (Å²) in [4.78, 5) is 0. The molecule has 1 unspecified atom stereocenters. The topological polar surface area (TPSA) is 30.5 Å². The van der Waals surface area contributed by atoms with Crippen molar-refractivity contribution in [3.05, 3.63) is 53.6 Å². The number of benzene rings is 2. The average molecular weight is 271 g/mol. The van der Waals surface area contributed by atoms with Gasteiger partial charge in [0, 0.05) is 12.1 Å². The second-order valence-corrected chi connectivity index (χ2v) is 4.79. The third-order valence-electron chi connectivity index (χ3n) is 3.44. The predicted octanol–water partition coefficient (Wildman–Crippen LogP) is 4.19. The second kappa shape index (κ2) is 6.33. The Morgan fingerprint density at radius 3 is 2.40 bits per heavy atom. The molecule has 0 bridgehead atoms. The van der Waals surface area contributed by atoms with E-state index < -0.39 is 0 Å². The van der Waals surface area contributed by atoms with Crippen LogP contribution in [0.1, 0.15) is 24.1 Å². The molecule has 2 rings (SSSR count). The minimum Gasteiger partial charge on any atom is -0.497 e. The van der Waals surface area contributed by atoms with Crippen molar-refractivity contribution in [2.75, 3.05) is 19.5 Å². The van der Waals surface area contributed by atoms with Gasteiger partial charge in [0.1, 0.15) is 11.5 Å². The molecular weight excluding hydrogens is 250 g/mol. The lowest BCUT2D eigenvalue weighted by Gasteiger charge is -2.20. The molecule has 2 aromatic rings. The molecule has 3 nitrogen and oxygen atoms in total. The van der Waals surface area contributed by atoms with Gasteiger partial charge in [-0.2, -0.15) is 0 Å². The van der Waals surface area contributed by atoms with Crippen LogP contribution >= 0.6 is 0 Å². The van der Waals surface area contributed by atoms with Crippen molar-refractivity contribution < 1.29 is 9.47 Å².